The molecule has 3 amide bonds. The van der Waals surface area contributed by atoms with Crippen LogP contribution in [0.1, 0.15) is 24.1 Å². The fourth-order valence-corrected chi connectivity index (χ4v) is 3.62. The Morgan fingerprint density at radius 1 is 1.09 bits per heavy atom. The molecule has 2 aromatic carbocycles. The monoisotopic (exact) mass is 456 g/mol. The van der Waals surface area contributed by atoms with Crippen molar-refractivity contribution in [3.8, 4) is 11.4 Å². The van der Waals surface area contributed by atoms with Gasteiger partial charge in [-0.2, -0.15) is 18.2 Å². The third kappa shape index (κ3) is 3.51. The van der Waals surface area contributed by atoms with Gasteiger partial charge in [0.15, 0.2) is 5.54 Å². The van der Waals surface area contributed by atoms with Crippen LogP contribution < -0.4 is 5.32 Å². The van der Waals surface area contributed by atoms with Gasteiger partial charge in [-0.1, -0.05) is 35.5 Å². The Bertz CT molecular complexity index is 1340. The van der Waals surface area contributed by atoms with Crippen LogP contribution in [0.15, 0.2) is 63.5 Å². The van der Waals surface area contributed by atoms with Gasteiger partial charge in [0.25, 0.3) is 5.91 Å². The van der Waals surface area contributed by atoms with Crippen LogP contribution in [0, 0.1) is 0 Å². The van der Waals surface area contributed by atoms with Crippen LogP contribution in [-0.4, -0.2) is 27.0 Å². The highest BCUT2D eigenvalue weighted by Crippen LogP contribution is 2.34. The Kier molecular flexibility index (Phi) is 4.52. The van der Waals surface area contributed by atoms with E-state index in [1.165, 1.54) is 19.1 Å². The number of rotatable bonds is 4. The fraction of sp³-hybridized carbons (Fsp3) is 0.182. The zero-order valence-electron chi connectivity index (χ0n) is 17.0. The summed E-state index contributed by atoms with van der Waals surface area (Å²) in [6.07, 6.45) is -4.46. The number of benzene rings is 2. The molecule has 0 saturated carbocycles. The second kappa shape index (κ2) is 7.19. The second-order valence-corrected chi connectivity index (χ2v) is 7.68. The molecule has 33 heavy (non-hydrogen) atoms. The average molecular weight is 456 g/mol. The molecule has 0 bridgehead atoms. The number of alkyl halides is 3. The van der Waals surface area contributed by atoms with E-state index < -0.39 is 29.2 Å². The van der Waals surface area contributed by atoms with Crippen molar-refractivity contribution in [3.63, 3.8) is 0 Å². The van der Waals surface area contributed by atoms with Crippen molar-refractivity contribution in [2.45, 2.75) is 25.2 Å². The van der Waals surface area contributed by atoms with E-state index >= 15 is 0 Å². The lowest BCUT2D eigenvalue weighted by atomic mass is 9.99. The van der Waals surface area contributed by atoms with E-state index in [9.17, 15) is 22.8 Å². The maximum Gasteiger partial charge on any atom is 0.416 e. The number of carbonyl (C=O) groups is 2. The molecular weight excluding hydrogens is 441 g/mol. The normalized spacial score (nSPS) is 18.8. The molecule has 1 unspecified atom stereocenters. The molecule has 0 spiro atoms. The molecule has 11 heteroatoms. The summed E-state index contributed by atoms with van der Waals surface area (Å²) in [7, 11) is 0. The number of fused-ring (bicyclic) bond motifs is 1. The lowest BCUT2D eigenvalue weighted by molar-refractivity contribution is -0.137. The van der Waals surface area contributed by atoms with Crippen LogP contribution in [0.5, 0.6) is 0 Å². The first-order valence-corrected chi connectivity index (χ1v) is 9.78. The van der Waals surface area contributed by atoms with Gasteiger partial charge in [-0.3, -0.25) is 9.69 Å². The highest BCUT2D eigenvalue weighted by atomic mass is 19.4. The first-order chi connectivity index (χ1) is 15.6. The zero-order chi connectivity index (χ0) is 23.4. The minimum absolute atomic E-state index is 0.0332. The van der Waals surface area contributed by atoms with E-state index in [2.05, 4.69) is 15.5 Å². The third-order valence-electron chi connectivity index (χ3n) is 5.43. The van der Waals surface area contributed by atoms with Crippen molar-refractivity contribution in [2.75, 3.05) is 0 Å². The molecule has 1 saturated heterocycles. The molecule has 0 aliphatic carbocycles. The summed E-state index contributed by atoms with van der Waals surface area (Å²) >= 11 is 0. The molecule has 1 N–H and O–H groups in total. The molecule has 5 rings (SSSR count). The molecule has 1 atom stereocenters. The topological polar surface area (TPSA) is 101 Å². The standard InChI is InChI=1S/C22H15F3N4O4/c1-21(16-10-13-4-2-3-5-15(13)32-16)19(30)29(20(31)27-21)11-17-26-18(28-33-17)12-6-8-14(9-7-12)22(23,24)25/h2-10H,11H2,1H3,(H,27,31). The third-order valence-corrected chi connectivity index (χ3v) is 5.43. The quantitative estimate of drug-likeness (QED) is 0.455. The summed E-state index contributed by atoms with van der Waals surface area (Å²) < 4.78 is 49.1. The Balaban J connectivity index is 1.36. The van der Waals surface area contributed by atoms with Gasteiger partial charge >= 0.3 is 12.2 Å². The minimum atomic E-state index is -4.46. The maximum absolute atomic E-state index is 13.1. The smallest absolute Gasteiger partial charge is 0.416 e. The van der Waals surface area contributed by atoms with E-state index in [1.54, 1.807) is 18.2 Å². The Morgan fingerprint density at radius 3 is 2.52 bits per heavy atom. The van der Waals surface area contributed by atoms with Gasteiger partial charge in [0.05, 0.1) is 5.56 Å². The van der Waals surface area contributed by atoms with Gasteiger partial charge in [-0.15, -0.1) is 0 Å². The summed E-state index contributed by atoms with van der Waals surface area (Å²) in [6.45, 7) is 1.22. The number of hydrogen-bond acceptors (Lipinski definition) is 6. The molecule has 1 fully saturated rings. The summed E-state index contributed by atoms with van der Waals surface area (Å²) in [5, 5.41) is 7.16. The Hall–Kier alpha value is -4.15. The zero-order valence-corrected chi connectivity index (χ0v) is 17.0. The molecule has 4 aromatic rings. The van der Waals surface area contributed by atoms with Crippen molar-refractivity contribution >= 4 is 22.9 Å². The van der Waals surface area contributed by atoms with Gasteiger partial charge in [0, 0.05) is 10.9 Å². The predicted molar refractivity (Wildman–Crippen MR) is 107 cm³/mol. The Labute approximate surface area is 184 Å². The highest BCUT2D eigenvalue weighted by molar-refractivity contribution is 6.07. The number of aromatic nitrogens is 2. The van der Waals surface area contributed by atoms with Gasteiger partial charge in [-0.05, 0) is 31.2 Å². The number of carbonyl (C=O) groups excluding carboxylic acids is 2. The van der Waals surface area contributed by atoms with Crippen LogP contribution in [0.4, 0.5) is 18.0 Å². The van der Waals surface area contributed by atoms with Gasteiger partial charge < -0.3 is 14.3 Å². The summed E-state index contributed by atoms with van der Waals surface area (Å²) in [5.41, 5.74) is -1.36. The average Bonchev–Trinajstić information content (AvgIpc) is 3.48. The van der Waals surface area contributed by atoms with E-state index in [0.29, 0.717) is 11.1 Å². The lowest BCUT2D eigenvalue weighted by Gasteiger charge is -2.18. The molecule has 8 nitrogen and oxygen atoms in total. The number of amides is 3. The number of furan rings is 1. The molecule has 0 radical (unpaired) electrons. The van der Waals surface area contributed by atoms with Crippen molar-refractivity contribution in [2.24, 2.45) is 0 Å². The van der Waals surface area contributed by atoms with Crippen molar-refractivity contribution in [1.29, 1.82) is 0 Å². The number of hydrogen-bond donors (Lipinski definition) is 1. The highest BCUT2D eigenvalue weighted by Gasteiger charge is 2.51. The number of halogens is 3. The maximum atomic E-state index is 13.1. The predicted octanol–water partition coefficient (Wildman–Crippen LogP) is 4.47. The van der Waals surface area contributed by atoms with Crippen LogP contribution >= 0.6 is 0 Å². The van der Waals surface area contributed by atoms with Crippen LogP contribution in [0.25, 0.3) is 22.4 Å². The minimum Gasteiger partial charge on any atom is -0.458 e. The fourth-order valence-electron chi connectivity index (χ4n) is 3.62. The number of para-hydroxylation sites is 1. The SMILES string of the molecule is CC1(c2cc3ccccc3o2)NC(=O)N(Cc2nc(-c3ccc(C(F)(F)F)cc3)no2)C1=O. The van der Waals surface area contributed by atoms with E-state index in [4.69, 9.17) is 8.94 Å². The number of nitrogens with one attached hydrogen (secondary N) is 1. The van der Waals surface area contributed by atoms with Crippen molar-refractivity contribution in [1.82, 2.24) is 20.4 Å². The van der Waals surface area contributed by atoms with Crippen molar-refractivity contribution < 1.29 is 31.7 Å². The molecule has 3 heterocycles. The van der Waals surface area contributed by atoms with Gasteiger partial charge in [0.1, 0.15) is 17.9 Å². The van der Waals surface area contributed by atoms with Gasteiger partial charge in [-0.25, -0.2) is 4.79 Å². The van der Waals surface area contributed by atoms with Gasteiger partial charge in [0.2, 0.25) is 11.7 Å². The molecule has 1 aliphatic heterocycles. The largest absolute Gasteiger partial charge is 0.458 e. The summed E-state index contributed by atoms with van der Waals surface area (Å²) in [5.74, 6) is -0.311. The molecule has 168 valence electrons. The Morgan fingerprint density at radius 2 is 1.82 bits per heavy atom. The number of urea groups is 1. The number of imide groups is 1. The molecular formula is C22H15F3N4O4. The van der Waals surface area contributed by atoms with E-state index in [-0.39, 0.29) is 24.0 Å². The van der Waals surface area contributed by atoms with E-state index in [1.807, 2.05) is 12.1 Å². The van der Waals surface area contributed by atoms with Crippen LogP contribution in [-0.2, 0) is 23.1 Å². The first-order valence-electron chi connectivity index (χ1n) is 9.78. The van der Waals surface area contributed by atoms with Crippen LogP contribution in [0.2, 0.25) is 0 Å². The molecule has 1 aliphatic rings. The first kappa shape index (κ1) is 20.7. The van der Waals surface area contributed by atoms with Crippen LogP contribution in [0.3, 0.4) is 0 Å². The summed E-state index contributed by atoms with van der Waals surface area (Å²) in [6, 6.07) is 12.5. The van der Waals surface area contributed by atoms with Crippen molar-refractivity contribution in [3.05, 3.63) is 71.8 Å². The number of nitrogens with zero attached hydrogens (tertiary/aromatic N) is 3. The molecule has 2 aromatic heterocycles. The van der Waals surface area contributed by atoms with E-state index in [0.717, 1.165) is 22.4 Å². The lowest BCUT2D eigenvalue weighted by Crippen LogP contribution is -2.40. The second-order valence-electron chi connectivity index (χ2n) is 7.68. The summed E-state index contributed by atoms with van der Waals surface area (Å²) in [4.78, 5) is 30.7.